The minimum absolute atomic E-state index is 0.0175. The molecular formula is C30H42FN3O8. The first-order valence-corrected chi connectivity index (χ1v) is 13.7. The van der Waals surface area contributed by atoms with E-state index in [4.69, 9.17) is 19.9 Å². The van der Waals surface area contributed by atoms with Crippen LogP contribution in [0.3, 0.4) is 0 Å². The van der Waals surface area contributed by atoms with Gasteiger partial charge in [0.2, 0.25) is 11.6 Å². The number of amides is 2. The Kier molecular flexibility index (Phi) is 13.3. The molecule has 1 aliphatic carbocycles. The van der Waals surface area contributed by atoms with Gasteiger partial charge in [0.25, 0.3) is 5.91 Å². The number of alkyl halides is 1. The maximum atomic E-state index is 13.5. The van der Waals surface area contributed by atoms with Crippen LogP contribution in [0.5, 0.6) is 0 Å². The topological polar surface area (TPSA) is 166 Å². The third-order valence-electron chi connectivity index (χ3n) is 7.19. The van der Waals surface area contributed by atoms with Gasteiger partial charge in [0.1, 0.15) is 12.8 Å². The number of nitrogens with two attached hydrogens (primary N) is 1. The lowest BCUT2D eigenvalue weighted by Gasteiger charge is -2.30. The molecule has 2 aliphatic rings. The van der Waals surface area contributed by atoms with Crippen LogP contribution in [0.1, 0.15) is 40.5 Å². The Balaban J connectivity index is 2.61. The number of aliphatic hydroxyl groups is 1. The van der Waals surface area contributed by atoms with E-state index in [1.165, 1.54) is 33.3 Å². The van der Waals surface area contributed by atoms with Gasteiger partial charge in [0.15, 0.2) is 6.10 Å². The normalized spacial score (nSPS) is 31.7. The van der Waals surface area contributed by atoms with Gasteiger partial charge in [-0.25, -0.2) is 9.18 Å². The van der Waals surface area contributed by atoms with Crippen LogP contribution in [0.15, 0.2) is 58.5 Å². The molecule has 0 saturated carbocycles. The van der Waals surface area contributed by atoms with Gasteiger partial charge in [0.05, 0.1) is 23.6 Å². The summed E-state index contributed by atoms with van der Waals surface area (Å²) in [6.45, 7) is 5.92. The van der Waals surface area contributed by atoms with Gasteiger partial charge < -0.3 is 35.7 Å². The molecule has 0 spiro atoms. The number of allylic oxidation sites excluding steroid dienone is 4. The van der Waals surface area contributed by atoms with Crippen molar-refractivity contribution >= 4 is 23.6 Å². The minimum Gasteiger partial charge on any atom is -0.439 e. The number of carbonyl (C=O) groups excluding carboxylic acids is 4. The van der Waals surface area contributed by atoms with Crippen molar-refractivity contribution in [2.45, 2.75) is 65.0 Å². The zero-order valence-corrected chi connectivity index (χ0v) is 24.9. The summed E-state index contributed by atoms with van der Waals surface area (Å²) in [6, 6.07) is 0. The second kappa shape index (κ2) is 16.1. The van der Waals surface area contributed by atoms with Crippen molar-refractivity contribution in [1.82, 2.24) is 10.6 Å². The Morgan fingerprint density at radius 3 is 2.48 bits per heavy atom. The van der Waals surface area contributed by atoms with Crippen molar-refractivity contribution in [3.05, 3.63) is 58.5 Å². The van der Waals surface area contributed by atoms with Gasteiger partial charge >= 0.3 is 6.09 Å². The van der Waals surface area contributed by atoms with E-state index in [2.05, 4.69) is 10.6 Å². The summed E-state index contributed by atoms with van der Waals surface area (Å²) >= 11 is 0. The second-order valence-electron chi connectivity index (χ2n) is 10.5. The number of fused-ring (bicyclic) bond motifs is 2. The van der Waals surface area contributed by atoms with Gasteiger partial charge in [-0.1, -0.05) is 38.2 Å². The molecule has 2 bridgehead atoms. The molecule has 1 aliphatic heterocycles. The smallest absolute Gasteiger partial charge is 0.405 e. The summed E-state index contributed by atoms with van der Waals surface area (Å²) in [4.78, 5) is 51.1. The van der Waals surface area contributed by atoms with Crippen molar-refractivity contribution < 1.29 is 42.9 Å². The quantitative estimate of drug-likeness (QED) is 0.268. The maximum Gasteiger partial charge on any atom is 0.405 e. The van der Waals surface area contributed by atoms with E-state index in [0.29, 0.717) is 12.0 Å². The van der Waals surface area contributed by atoms with Crippen LogP contribution in [-0.2, 0) is 28.6 Å². The average Bonchev–Trinajstić information content (AvgIpc) is 2.94. The number of nitrogens with one attached hydrogen (secondary N) is 2. The van der Waals surface area contributed by atoms with Crippen LogP contribution < -0.4 is 16.4 Å². The highest BCUT2D eigenvalue weighted by molar-refractivity contribution is 6.23. The largest absolute Gasteiger partial charge is 0.439 e. The molecule has 5 N–H and O–H groups in total. The molecule has 2 unspecified atom stereocenters. The standard InChI is InChI=1S/C30H42FN3O8/c1-16-12-20-25(33-11-10-31)22(35)15-21(27(20)37)34-29(38)17(2)8-7-9-23(40-5)28(42-30(32)39)19(4)14-18(3)26(36)24(13-16)41-6/h7-9,14-16,18,23-24,26,28,33,36H,10-13H2,1-6H3,(H2,32,39)(H,34,38)/b9-7-,17-8+,19-14+/t16-,18+,23+,24?,26-,28?/m1/s1. The zero-order chi connectivity index (χ0) is 31.6. The van der Waals surface area contributed by atoms with Gasteiger partial charge in [0, 0.05) is 43.9 Å². The summed E-state index contributed by atoms with van der Waals surface area (Å²) < 4.78 is 29.4. The van der Waals surface area contributed by atoms with Crippen LogP contribution in [0, 0.1) is 11.8 Å². The molecule has 12 heteroatoms. The molecule has 0 fully saturated rings. The third-order valence-corrected chi connectivity index (χ3v) is 7.19. The van der Waals surface area contributed by atoms with Crippen molar-refractivity contribution in [3.8, 4) is 0 Å². The van der Waals surface area contributed by atoms with Gasteiger partial charge in [-0.3, -0.25) is 14.4 Å². The first kappa shape index (κ1) is 34.6. The fraction of sp³-hybridized carbons (Fsp3) is 0.533. The van der Waals surface area contributed by atoms with E-state index in [1.54, 1.807) is 26.0 Å². The van der Waals surface area contributed by atoms with E-state index < -0.39 is 60.6 Å². The predicted octanol–water partition coefficient (Wildman–Crippen LogP) is 2.32. The third kappa shape index (κ3) is 9.20. The number of rotatable bonds is 6. The molecule has 0 radical (unpaired) electrons. The number of ketones is 2. The van der Waals surface area contributed by atoms with Crippen molar-refractivity contribution in [2.24, 2.45) is 17.6 Å². The Labute approximate surface area is 245 Å². The van der Waals surface area contributed by atoms with E-state index in [9.17, 15) is 28.7 Å². The highest BCUT2D eigenvalue weighted by Gasteiger charge is 2.33. The molecular weight excluding hydrogens is 549 g/mol. The number of aliphatic hydroxyl groups excluding tert-OH is 1. The van der Waals surface area contributed by atoms with Gasteiger partial charge in [-0.2, -0.15) is 0 Å². The number of methoxy groups -OCH3 is 2. The minimum atomic E-state index is -1.02. The molecule has 0 saturated heterocycles. The van der Waals surface area contributed by atoms with Gasteiger partial charge in [-0.05, 0) is 38.2 Å². The van der Waals surface area contributed by atoms with Crippen LogP contribution in [0.2, 0.25) is 0 Å². The van der Waals surface area contributed by atoms with E-state index >= 15 is 0 Å². The first-order chi connectivity index (χ1) is 19.8. The van der Waals surface area contributed by atoms with Crippen molar-refractivity contribution in [2.75, 3.05) is 27.4 Å². The summed E-state index contributed by atoms with van der Waals surface area (Å²) in [5, 5.41) is 16.4. The molecule has 0 aromatic rings. The lowest BCUT2D eigenvalue weighted by atomic mass is 9.85. The van der Waals surface area contributed by atoms with Gasteiger partial charge in [-0.15, -0.1) is 0 Å². The number of hydrogen-bond acceptors (Lipinski definition) is 9. The number of primary amides is 1. The lowest BCUT2D eigenvalue weighted by Crippen LogP contribution is -2.38. The number of ether oxygens (including phenoxy) is 3. The maximum absolute atomic E-state index is 13.5. The summed E-state index contributed by atoms with van der Waals surface area (Å²) in [5.41, 5.74) is 5.99. The SMILES string of the molecule is COC1C[C@H](C)CC2=C(NCCF)C(=O)C=C(NC(=O)/C(C)=C/C=C\[C@H](OC)C(OC(N)=O)/C(C)=C/[C@H](C)[C@H]1O)C2=O. The molecule has 42 heavy (non-hydrogen) atoms. The highest BCUT2D eigenvalue weighted by Crippen LogP contribution is 2.28. The van der Waals surface area contributed by atoms with Crippen molar-refractivity contribution in [3.63, 3.8) is 0 Å². The summed E-state index contributed by atoms with van der Waals surface area (Å²) in [6.07, 6.45) is 3.29. The molecule has 2 rings (SSSR count). The summed E-state index contributed by atoms with van der Waals surface area (Å²) in [5.74, 6) is -2.49. The van der Waals surface area contributed by atoms with Crippen LogP contribution in [0.4, 0.5) is 9.18 Å². The molecule has 11 nitrogen and oxygen atoms in total. The fourth-order valence-electron chi connectivity index (χ4n) is 4.95. The molecule has 2 amide bonds. The first-order valence-electron chi connectivity index (χ1n) is 13.7. The van der Waals surface area contributed by atoms with Crippen LogP contribution >= 0.6 is 0 Å². The number of halogens is 1. The van der Waals surface area contributed by atoms with Crippen LogP contribution in [-0.4, -0.2) is 80.5 Å². The molecule has 6 atom stereocenters. The van der Waals surface area contributed by atoms with E-state index in [1.807, 2.05) is 6.92 Å². The average molecular weight is 592 g/mol. The second-order valence-corrected chi connectivity index (χ2v) is 10.5. The fourth-order valence-corrected chi connectivity index (χ4v) is 4.95. The highest BCUT2D eigenvalue weighted by atomic mass is 19.1. The van der Waals surface area contributed by atoms with E-state index in [-0.39, 0.29) is 41.4 Å². The molecule has 1 heterocycles. The Bertz CT molecular complexity index is 1190. The molecule has 0 aromatic carbocycles. The lowest BCUT2D eigenvalue weighted by molar-refractivity contribution is -0.120. The summed E-state index contributed by atoms with van der Waals surface area (Å²) in [7, 11) is 2.87. The van der Waals surface area contributed by atoms with Crippen molar-refractivity contribution in [1.29, 1.82) is 0 Å². The Morgan fingerprint density at radius 1 is 1.19 bits per heavy atom. The number of Topliss-reactive ketones (excluding diaryl/α,β-unsaturated/α-hetero) is 1. The number of hydrogen-bond donors (Lipinski definition) is 4. The van der Waals surface area contributed by atoms with E-state index in [0.717, 1.165) is 6.08 Å². The molecule has 0 aromatic heterocycles. The number of carbonyl (C=O) groups is 4. The monoisotopic (exact) mass is 591 g/mol. The van der Waals surface area contributed by atoms with Crippen LogP contribution in [0.25, 0.3) is 0 Å². The molecule has 232 valence electrons. The Hall–Kier alpha value is -3.61. The Morgan fingerprint density at radius 2 is 1.88 bits per heavy atom. The predicted molar refractivity (Wildman–Crippen MR) is 154 cm³/mol. The zero-order valence-electron chi connectivity index (χ0n) is 24.9.